The fraction of sp³-hybridized carbons (Fsp3) is 0.360. The van der Waals surface area contributed by atoms with Crippen molar-refractivity contribution < 1.29 is 19.1 Å². The molecule has 7 nitrogen and oxygen atoms in total. The van der Waals surface area contributed by atoms with Crippen LogP contribution in [0.5, 0.6) is 5.75 Å². The maximum Gasteiger partial charge on any atom is 0.408 e. The van der Waals surface area contributed by atoms with Crippen LogP contribution in [0.15, 0.2) is 42.5 Å². The third kappa shape index (κ3) is 5.31. The van der Waals surface area contributed by atoms with Gasteiger partial charge in [0.1, 0.15) is 17.9 Å². The molecule has 0 saturated carbocycles. The maximum atomic E-state index is 12.1. The van der Waals surface area contributed by atoms with Crippen molar-refractivity contribution in [2.45, 2.75) is 38.8 Å². The Labute approximate surface area is 198 Å². The van der Waals surface area contributed by atoms with Gasteiger partial charge in [-0.15, -0.1) is 0 Å². The van der Waals surface area contributed by atoms with Gasteiger partial charge < -0.3 is 19.8 Å². The Morgan fingerprint density at radius 3 is 2.61 bits per heavy atom. The normalized spacial score (nSPS) is 16.3. The van der Waals surface area contributed by atoms with Crippen LogP contribution in [0.3, 0.4) is 0 Å². The number of aromatic nitrogens is 1. The minimum absolute atomic E-state index is 0.0542. The Morgan fingerprint density at radius 2 is 1.91 bits per heavy atom. The molecule has 174 valence electrons. The molecule has 2 heterocycles. The van der Waals surface area contributed by atoms with Crippen LogP contribution in [0.4, 0.5) is 4.79 Å². The van der Waals surface area contributed by atoms with Gasteiger partial charge in [-0.25, -0.2) is 9.59 Å². The number of aromatic amines is 1. The van der Waals surface area contributed by atoms with E-state index in [0.29, 0.717) is 5.75 Å². The Kier molecular flexibility index (Phi) is 6.36. The molecule has 4 rings (SSSR count). The SMILES string of the molecule is CN1CCc2c([nH]c3ccc(Cl)cc23)C1c1ccc(OC(=O)CNC(=O)OC(C)(C)C)cc1. The van der Waals surface area contributed by atoms with Crippen LogP contribution in [-0.2, 0) is 16.0 Å². The first-order valence-corrected chi connectivity index (χ1v) is 11.3. The molecule has 0 radical (unpaired) electrons. The molecule has 0 bridgehead atoms. The average Bonchev–Trinajstić information content (AvgIpc) is 3.09. The second-order valence-electron chi connectivity index (χ2n) is 9.24. The van der Waals surface area contributed by atoms with Crippen LogP contribution in [-0.4, -0.2) is 47.7 Å². The molecule has 1 unspecified atom stereocenters. The molecule has 2 N–H and O–H groups in total. The standard InChI is InChI=1S/C25H28ClN3O4/c1-25(2,3)33-24(31)27-14-21(30)32-17-8-5-15(6-9-17)23-22-18(11-12-29(23)4)19-13-16(26)7-10-20(19)28-22/h5-10,13,23,28H,11-12,14H2,1-4H3,(H,27,31). The summed E-state index contributed by atoms with van der Waals surface area (Å²) in [5, 5.41) is 4.29. The topological polar surface area (TPSA) is 83.7 Å². The molecule has 1 amide bonds. The van der Waals surface area contributed by atoms with Crippen LogP contribution in [0.1, 0.15) is 43.6 Å². The molecular weight excluding hydrogens is 442 g/mol. The highest BCUT2D eigenvalue weighted by Crippen LogP contribution is 2.38. The minimum Gasteiger partial charge on any atom is -0.444 e. The van der Waals surface area contributed by atoms with Crippen molar-refractivity contribution in [3.8, 4) is 5.75 Å². The van der Waals surface area contributed by atoms with E-state index in [9.17, 15) is 9.59 Å². The van der Waals surface area contributed by atoms with Gasteiger partial charge in [0.25, 0.3) is 0 Å². The van der Waals surface area contributed by atoms with E-state index < -0.39 is 17.7 Å². The zero-order valence-electron chi connectivity index (χ0n) is 19.2. The Bertz CT molecular complexity index is 1180. The summed E-state index contributed by atoms with van der Waals surface area (Å²) in [6.07, 6.45) is 0.286. The first-order valence-electron chi connectivity index (χ1n) is 10.9. The number of hydrogen-bond donors (Lipinski definition) is 2. The van der Waals surface area contributed by atoms with Gasteiger partial charge in [-0.2, -0.15) is 0 Å². The number of likely N-dealkylation sites (N-methyl/N-ethyl adjacent to an activating group) is 1. The second-order valence-corrected chi connectivity index (χ2v) is 9.68. The molecule has 33 heavy (non-hydrogen) atoms. The zero-order chi connectivity index (χ0) is 23.8. The van der Waals surface area contributed by atoms with Crippen molar-refractivity contribution in [3.63, 3.8) is 0 Å². The fourth-order valence-corrected chi connectivity index (χ4v) is 4.32. The van der Waals surface area contributed by atoms with Gasteiger partial charge in [0.15, 0.2) is 0 Å². The number of nitrogens with zero attached hydrogens (tertiary/aromatic N) is 1. The molecule has 1 aliphatic rings. The number of esters is 1. The van der Waals surface area contributed by atoms with Crippen molar-refractivity contribution in [1.82, 2.24) is 15.2 Å². The number of fused-ring (bicyclic) bond motifs is 3. The minimum atomic E-state index is -0.662. The fourth-order valence-electron chi connectivity index (χ4n) is 4.15. The number of benzene rings is 2. The number of alkyl carbamates (subject to hydrolysis) is 1. The molecule has 1 aliphatic heterocycles. The molecular formula is C25H28ClN3O4. The van der Waals surface area contributed by atoms with Gasteiger partial charge >= 0.3 is 12.1 Å². The summed E-state index contributed by atoms with van der Waals surface area (Å²) in [7, 11) is 2.10. The molecule has 3 aromatic rings. The summed E-state index contributed by atoms with van der Waals surface area (Å²) >= 11 is 6.23. The largest absolute Gasteiger partial charge is 0.444 e. The third-order valence-electron chi connectivity index (χ3n) is 5.53. The Hall–Kier alpha value is -3.03. The van der Waals surface area contributed by atoms with Crippen LogP contribution in [0.2, 0.25) is 5.02 Å². The number of nitrogens with one attached hydrogen (secondary N) is 2. The van der Waals surface area contributed by atoms with Crippen molar-refractivity contribution in [2.75, 3.05) is 20.1 Å². The Morgan fingerprint density at radius 1 is 1.18 bits per heavy atom. The summed E-state index contributed by atoms with van der Waals surface area (Å²) in [4.78, 5) is 29.7. The Balaban J connectivity index is 1.46. The lowest BCUT2D eigenvalue weighted by molar-refractivity contribution is -0.133. The van der Waals surface area contributed by atoms with Gasteiger partial charge in [-0.3, -0.25) is 4.90 Å². The first kappa shape index (κ1) is 23.1. The monoisotopic (exact) mass is 469 g/mol. The maximum absolute atomic E-state index is 12.1. The highest BCUT2D eigenvalue weighted by atomic mass is 35.5. The average molecular weight is 470 g/mol. The number of H-pyrrole nitrogens is 1. The molecule has 0 aliphatic carbocycles. The molecule has 1 aromatic heterocycles. The lowest BCUT2D eigenvalue weighted by Gasteiger charge is -2.33. The highest BCUT2D eigenvalue weighted by Gasteiger charge is 2.29. The molecule has 0 fully saturated rings. The number of amides is 1. The summed E-state index contributed by atoms with van der Waals surface area (Å²) in [5.74, 6) is -0.157. The van der Waals surface area contributed by atoms with Crippen LogP contribution in [0.25, 0.3) is 10.9 Å². The molecule has 0 spiro atoms. The van der Waals surface area contributed by atoms with Crippen molar-refractivity contribution in [1.29, 1.82) is 0 Å². The number of ether oxygens (including phenoxy) is 2. The van der Waals surface area contributed by atoms with E-state index in [4.69, 9.17) is 21.1 Å². The number of carbonyl (C=O) groups excluding carboxylic acids is 2. The van der Waals surface area contributed by atoms with Crippen molar-refractivity contribution >= 4 is 34.6 Å². The second kappa shape index (κ2) is 9.08. The summed E-state index contributed by atoms with van der Waals surface area (Å²) in [5.41, 5.74) is 3.98. The summed E-state index contributed by atoms with van der Waals surface area (Å²) < 4.78 is 10.5. The van der Waals surface area contributed by atoms with Crippen LogP contribution in [0, 0.1) is 0 Å². The molecule has 1 atom stereocenters. The predicted molar refractivity (Wildman–Crippen MR) is 128 cm³/mol. The molecule has 2 aromatic carbocycles. The van der Waals surface area contributed by atoms with Crippen molar-refractivity contribution in [2.24, 2.45) is 0 Å². The summed E-state index contributed by atoms with van der Waals surface area (Å²) in [6, 6.07) is 13.4. The number of hydrogen-bond acceptors (Lipinski definition) is 5. The first-order chi connectivity index (χ1) is 15.6. The van der Waals surface area contributed by atoms with E-state index in [1.54, 1.807) is 32.9 Å². The van der Waals surface area contributed by atoms with Gasteiger partial charge in [0, 0.05) is 28.2 Å². The third-order valence-corrected chi connectivity index (χ3v) is 5.77. The van der Waals surface area contributed by atoms with E-state index in [0.717, 1.165) is 34.8 Å². The summed E-state index contributed by atoms with van der Waals surface area (Å²) in [6.45, 7) is 5.91. The van der Waals surface area contributed by atoms with E-state index in [1.165, 1.54) is 10.9 Å². The van der Waals surface area contributed by atoms with E-state index in [1.807, 2.05) is 30.3 Å². The predicted octanol–water partition coefficient (Wildman–Crippen LogP) is 4.83. The zero-order valence-corrected chi connectivity index (χ0v) is 20.0. The number of carbonyl (C=O) groups is 2. The van der Waals surface area contributed by atoms with Gasteiger partial charge in [-0.1, -0.05) is 23.7 Å². The smallest absolute Gasteiger partial charge is 0.408 e. The lowest BCUT2D eigenvalue weighted by atomic mass is 9.93. The number of halogens is 1. The van der Waals surface area contributed by atoms with Gasteiger partial charge in [-0.05, 0) is 75.7 Å². The van der Waals surface area contributed by atoms with E-state index in [2.05, 4.69) is 22.2 Å². The number of rotatable bonds is 4. The van der Waals surface area contributed by atoms with Gasteiger partial charge in [0.2, 0.25) is 0 Å². The van der Waals surface area contributed by atoms with Gasteiger partial charge in [0.05, 0.1) is 6.04 Å². The quantitative estimate of drug-likeness (QED) is 0.422. The van der Waals surface area contributed by atoms with Crippen LogP contribution >= 0.6 is 11.6 Å². The molecule has 0 saturated heterocycles. The highest BCUT2D eigenvalue weighted by molar-refractivity contribution is 6.31. The van der Waals surface area contributed by atoms with E-state index in [-0.39, 0.29) is 12.6 Å². The van der Waals surface area contributed by atoms with Crippen LogP contribution < -0.4 is 10.1 Å². The van der Waals surface area contributed by atoms with E-state index >= 15 is 0 Å². The van der Waals surface area contributed by atoms with Crippen molar-refractivity contribution in [3.05, 3.63) is 64.3 Å². The molecule has 8 heteroatoms. The lowest BCUT2D eigenvalue weighted by Crippen LogP contribution is -2.36.